The fourth-order valence-electron chi connectivity index (χ4n) is 2.63. The van der Waals surface area contributed by atoms with Crippen LogP contribution in [0.4, 0.5) is 5.69 Å². The van der Waals surface area contributed by atoms with Crippen molar-refractivity contribution in [1.82, 2.24) is 9.21 Å². The van der Waals surface area contributed by atoms with Crippen LogP contribution in [0.15, 0.2) is 23.1 Å². The van der Waals surface area contributed by atoms with Crippen LogP contribution in [0, 0.1) is 0 Å². The lowest BCUT2D eigenvalue weighted by Gasteiger charge is -2.20. The molecule has 1 aromatic rings. The molecule has 0 aromatic heterocycles. The Morgan fingerprint density at radius 2 is 1.89 bits per heavy atom. The number of thiocarbonyl (C=S) groups is 1. The van der Waals surface area contributed by atoms with Gasteiger partial charge in [-0.3, -0.25) is 4.79 Å². The van der Waals surface area contributed by atoms with Crippen molar-refractivity contribution in [2.75, 3.05) is 38.3 Å². The van der Waals surface area contributed by atoms with Gasteiger partial charge in [0, 0.05) is 27.2 Å². The van der Waals surface area contributed by atoms with Crippen molar-refractivity contribution in [3.63, 3.8) is 0 Å². The Labute approximate surface area is 175 Å². The van der Waals surface area contributed by atoms with Crippen LogP contribution in [0.5, 0.6) is 0 Å². The predicted molar refractivity (Wildman–Crippen MR) is 116 cm³/mol. The van der Waals surface area contributed by atoms with Gasteiger partial charge in [0.15, 0.2) is 0 Å². The van der Waals surface area contributed by atoms with Crippen LogP contribution >= 0.6 is 35.6 Å². The molecule has 6 nitrogen and oxygen atoms in total. The third-order valence-corrected chi connectivity index (χ3v) is 8.07. The van der Waals surface area contributed by atoms with Crippen LogP contribution in [0.3, 0.4) is 0 Å². The minimum atomic E-state index is -3.61. The molecule has 0 saturated carbocycles. The zero-order valence-corrected chi connectivity index (χ0v) is 18.6. The molecule has 1 heterocycles. The molecule has 0 atom stereocenters. The number of nitrogens with zero attached hydrogens (tertiary/aromatic N) is 2. The Bertz CT molecular complexity index is 792. The van der Waals surface area contributed by atoms with E-state index in [0.717, 1.165) is 25.7 Å². The molecule has 1 aliphatic rings. The van der Waals surface area contributed by atoms with Crippen molar-refractivity contribution in [2.24, 2.45) is 0 Å². The average molecular weight is 450 g/mol. The number of anilines is 1. The summed E-state index contributed by atoms with van der Waals surface area (Å²) in [6.45, 7) is 1.04. The van der Waals surface area contributed by atoms with Gasteiger partial charge in [0.1, 0.15) is 4.32 Å². The summed E-state index contributed by atoms with van der Waals surface area (Å²) in [5.41, 5.74) is 0.286. The van der Waals surface area contributed by atoms with Crippen molar-refractivity contribution < 1.29 is 13.2 Å². The highest BCUT2D eigenvalue weighted by molar-refractivity contribution is 8.23. The second-order valence-corrected chi connectivity index (χ2v) is 10.4. The Hall–Kier alpha value is -0.870. The summed E-state index contributed by atoms with van der Waals surface area (Å²) < 4.78 is 28.0. The maximum atomic E-state index is 12.9. The number of hydrogen-bond acceptors (Lipinski definition) is 5. The lowest BCUT2D eigenvalue weighted by molar-refractivity contribution is -0.113. The molecule has 150 valence electrons. The number of sulfonamides is 1. The minimum absolute atomic E-state index is 0.121. The molecular formula is C17H24ClN3O3S3. The number of carbonyl (C=O) groups is 1. The van der Waals surface area contributed by atoms with Crippen LogP contribution in [-0.4, -0.2) is 60.8 Å². The van der Waals surface area contributed by atoms with E-state index in [0.29, 0.717) is 22.4 Å². The largest absolute Gasteiger partial charge is 0.364 e. The molecule has 1 N–H and O–H groups in total. The van der Waals surface area contributed by atoms with E-state index in [1.54, 1.807) is 19.0 Å². The zero-order chi connectivity index (χ0) is 20.0. The molecule has 1 saturated heterocycles. The lowest BCUT2D eigenvalue weighted by atomic mass is 10.2. The average Bonchev–Trinajstić information content (AvgIpc) is 2.91. The second kappa shape index (κ2) is 10.1. The topological polar surface area (TPSA) is 69.7 Å². The number of thioether (sulfide) groups is 1. The quantitative estimate of drug-likeness (QED) is 0.694. The first-order chi connectivity index (χ1) is 12.7. The van der Waals surface area contributed by atoms with Crippen LogP contribution < -0.4 is 5.32 Å². The Kier molecular flexibility index (Phi) is 8.36. The van der Waals surface area contributed by atoms with E-state index in [4.69, 9.17) is 23.8 Å². The third kappa shape index (κ3) is 6.32. The first-order valence-corrected chi connectivity index (χ1v) is 11.9. The van der Waals surface area contributed by atoms with Gasteiger partial charge in [-0.05, 0) is 31.0 Å². The molecule has 1 amide bonds. The molecule has 2 rings (SSSR count). The van der Waals surface area contributed by atoms with E-state index in [-0.39, 0.29) is 22.2 Å². The number of carbonyl (C=O) groups excluding carboxylic acids is 1. The van der Waals surface area contributed by atoms with Crippen molar-refractivity contribution in [1.29, 1.82) is 0 Å². The molecule has 1 aliphatic heterocycles. The Morgan fingerprint density at radius 1 is 1.26 bits per heavy atom. The summed E-state index contributed by atoms with van der Waals surface area (Å²) in [5, 5.41) is 2.97. The van der Waals surface area contributed by atoms with E-state index in [1.165, 1.54) is 34.3 Å². The van der Waals surface area contributed by atoms with Gasteiger partial charge in [0.25, 0.3) is 0 Å². The minimum Gasteiger partial charge on any atom is -0.364 e. The summed E-state index contributed by atoms with van der Waals surface area (Å²) >= 11 is 12.5. The van der Waals surface area contributed by atoms with Crippen molar-refractivity contribution in [2.45, 2.75) is 30.6 Å². The van der Waals surface area contributed by atoms with E-state index < -0.39 is 10.0 Å². The van der Waals surface area contributed by atoms with Crippen molar-refractivity contribution >= 4 is 61.5 Å². The zero-order valence-electron chi connectivity index (χ0n) is 15.4. The lowest BCUT2D eigenvalue weighted by Crippen LogP contribution is -2.32. The fourth-order valence-corrected chi connectivity index (χ4v) is 5.10. The SMILES string of the molecule is CN(C)C(=S)SCC(=O)Nc1cc(S(=O)(=O)N2CCCCCC2)ccc1Cl. The molecule has 0 spiro atoms. The third-order valence-electron chi connectivity index (χ3n) is 4.11. The summed E-state index contributed by atoms with van der Waals surface area (Å²) in [6, 6.07) is 4.41. The maximum Gasteiger partial charge on any atom is 0.243 e. The van der Waals surface area contributed by atoms with Gasteiger partial charge in [-0.25, -0.2) is 8.42 Å². The molecule has 0 aliphatic carbocycles. The second-order valence-electron chi connectivity index (χ2n) is 6.46. The Balaban J connectivity index is 2.13. The summed E-state index contributed by atoms with van der Waals surface area (Å²) in [7, 11) is 0.00699. The standard InChI is InChI=1S/C17H24ClN3O3S3/c1-20(2)17(25)26-12-16(22)19-15-11-13(7-8-14(15)18)27(23,24)21-9-5-3-4-6-10-21/h7-8,11H,3-6,9-10,12H2,1-2H3,(H,19,22). The molecule has 10 heteroatoms. The first kappa shape index (κ1) is 22.4. The number of benzene rings is 1. The molecule has 0 radical (unpaired) electrons. The smallest absolute Gasteiger partial charge is 0.243 e. The van der Waals surface area contributed by atoms with Crippen LogP contribution in [0.2, 0.25) is 5.02 Å². The Morgan fingerprint density at radius 3 is 2.48 bits per heavy atom. The van der Waals surface area contributed by atoms with Gasteiger partial charge in [-0.1, -0.05) is 48.4 Å². The predicted octanol–water partition coefficient (Wildman–Crippen LogP) is 3.42. The summed E-state index contributed by atoms with van der Waals surface area (Å²) in [4.78, 5) is 14.1. The highest BCUT2D eigenvalue weighted by atomic mass is 35.5. The van der Waals surface area contributed by atoms with Gasteiger partial charge < -0.3 is 10.2 Å². The summed E-state index contributed by atoms with van der Waals surface area (Å²) in [6.07, 6.45) is 3.81. The van der Waals surface area contributed by atoms with Crippen LogP contribution in [-0.2, 0) is 14.8 Å². The van der Waals surface area contributed by atoms with E-state index in [1.807, 2.05) is 0 Å². The molecular weight excluding hydrogens is 426 g/mol. The monoisotopic (exact) mass is 449 g/mol. The van der Waals surface area contributed by atoms with E-state index in [2.05, 4.69) is 5.32 Å². The van der Waals surface area contributed by atoms with Crippen molar-refractivity contribution in [3.05, 3.63) is 23.2 Å². The van der Waals surface area contributed by atoms with Gasteiger partial charge in [-0.15, -0.1) is 0 Å². The molecule has 1 aromatic carbocycles. The highest BCUT2D eigenvalue weighted by Crippen LogP contribution is 2.28. The molecule has 27 heavy (non-hydrogen) atoms. The first-order valence-electron chi connectivity index (χ1n) is 8.65. The number of rotatable bonds is 5. The van der Waals surface area contributed by atoms with Crippen LogP contribution in [0.1, 0.15) is 25.7 Å². The molecule has 0 bridgehead atoms. The molecule has 0 unspecified atom stereocenters. The van der Waals surface area contributed by atoms with Crippen molar-refractivity contribution in [3.8, 4) is 0 Å². The van der Waals surface area contributed by atoms with Gasteiger partial charge >= 0.3 is 0 Å². The van der Waals surface area contributed by atoms with Crippen LogP contribution in [0.25, 0.3) is 0 Å². The number of nitrogens with one attached hydrogen (secondary N) is 1. The number of hydrogen-bond donors (Lipinski definition) is 1. The van der Waals surface area contributed by atoms with Gasteiger partial charge in [-0.2, -0.15) is 4.31 Å². The normalized spacial score (nSPS) is 15.8. The van der Waals surface area contributed by atoms with E-state index in [9.17, 15) is 13.2 Å². The number of halogens is 1. The fraction of sp³-hybridized carbons (Fsp3) is 0.529. The molecule has 1 fully saturated rings. The highest BCUT2D eigenvalue weighted by Gasteiger charge is 2.26. The van der Waals surface area contributed by atoms with E-state index >= 15 is 0 Å². The van der Waals surface area contributed by atoms with Gasteiger partial charge in [0.05, 0.1) is 21.4 Å². The summed E-state index contributed by atoms with van der Waals surface area (Å²) in [5.74, 6) is -0.174. The van der Waals surface area contributed by atoms with Gasteiger partial charge in [0.2, 0.25) is 15.9 Å². The number of amides is 1. The maximum absolute atomic E-state index is 12.9.